The first kappa shape index (κ1) is 25.3. The van der Waals surface area contributed by atoms with Gasteiger partial charge in [0.05, 0.1) is 13.2 Å². The molecular weight excluding hydrogens is 436 g/mol. The zero-order valence-electron chi connectivity index (χ0n) is 17.3. The number of hydrogen-bond donors (Lipinski definition) is 1. The molecule has 32 heavy (non-hydrogen) atoms. The molecule has 0 heterocycles. The fourth-order valence-electron chi connectivity index (χ4n) is 2.52. The predicted octanol–water partition coefficient (Wildman–Crippen LogP) is 4.46. The summed E-state index contributed by atoms with van der Waals surface area (Å²) in [7, 11) is 1.35. The highest BCUT2D eigenvalue weighted by Crippen LogP contribution is 2.25. The van der Waals surface area contributed by atoms with Crippen molar-refractivity contribution in [1.29, 1.82) is 0 Å². The summed E-state index contributed by atoms with van der Waals surface area (Å²) in [6, 6.07) is 12.7. The van der Waals surface area contributed by atoms with Gasteiger partial charge in [-0.15, -0.1) is 0 Å². The van der Waals surface area contributed by atoms with E-state index in [1.807, 2.05) is 0 Å². The van der Waals surface area contributed by atoms with Gasteiger partial charge in [0.1, 0.15) is 17.2 Å². The average Bonchev–Trinajstić information content (AvgIpc) is 2.77. The Morgan fingerprint density at radius 1 is 0.906 bits per heavy atom. The molecule has 0 aliphatic heterocycles. The lowest BCUT2D eigenvalue weighted by Crippen LogP contribution is -2.33. The molecule has 0 saturated heterocycles. The summed E-state index contributed by atoms with van der Waals surface area (Å²) >= 11 is 0. The highest BCUT2D eigenvalue weighted by atomic mass is 19.3. The van der Waals surface area contributed by atoms with Crippen molar-refractivity contribution < 1.29 is 46.4 Å². The molecule has 0 fully saturated rings. The van der Waals surface area contributed by atoms with Gasteiger partial charge in [-0.2, -0.15) is 8.78 Å². The fourth-order valence-corrected chi connectivity index (χ4v) is 2.52. The molecule has 2 rings (SSSR count). The van der Waals surface area contributed by atoms with E-state index >= 15 is 0 Å². The highest BCUT2D eigenvalue weighted by Gasteiger charge is 2.41. The predicted molar refractivity (Wildman–Crippen MR) is 107 cm³/mol. The molecule has 0 aliphatic rings. The maximum absolute atomic E-state index is 12.8. The summed E-state index contributed by atoms with van der Waals surface area (Å²) in [6.07, 6.45) is -3.88. The van der Waals surface area contributed by atoms with E-state index in [4.69, 9.17) is 19.3 Å². The number of carboxylic acid groups (broad SMARTS) is 1. The first-order chi connectivity index (χ1) is 15.2. The summed E-state index contributed by atoms with van der Waals surface area (Å²) < 4.78 is 70.6. The molecular formula is C22H24F4O6. The van der Waals surface area contributed by atoms with Crippen molar-refractivity contribution in [3.63, 3.8) is 0 Å². The van der Waals surface area contributed by atoms with Gasteiger partial charge in [-0.25, -0.2) is 13.6 Å². The normalized spacial score (nSPS) is 12.4. The number of methoxy groups -OCH3 is 1. The van der Waals surface area contributed by atoms with Gasteiger partial charge < -0.3 is 24.1 Å². The number of benzene rings is 2. The van der Waals surface area contributed by atoms with E-state index < -0.39 is 31.0 Å². The van der Waals surface area contributed by atoms with E-state index in [0.717, 1.165) is 5.56 Å². The lowest BCUT2D eigenvalue weighted by molar-refractivity contribution is -0.148. The van der Waals surface area contributed by atoms with Crippen LogP contribution in [0.3, 0.4) is 0 Å². The van der Waals surface area contributed by atoms with Crippen LogP contribution in [-0.2, 0) is 16.0 Å². The molecule has 1 atom stereocenters. The number of carbonyl (C=O) groups is 1. The van der Waals surface area contributed by atoms with Gasteiger partial charge >= 0.3 is 18.3 Å². The summed E-state index contributed by atoms with van der Waals surface area (Å²) in [4.78, 5) is 11.0. The molecule has 0 unspecified atom stereocenters. The Bertz CT molecular complexity index is 827. The average molecular weight is 460 g/mol. The summed E-state index contributed by atoms with van der Waals surface area (Å²) in [5, 5.41) is 9.00. The van der Waals surface area contributed by atoms with Crippen molar-refractivity contribution in [3.05, 3.63) is 54.1 Å². The van der Waals surface area contributed by atoms with Crippen LogP contribution in [0.25, 0.3) is 0 Å². The second-order valence-electron chi connectivity index (χ2n) is 6.78. The summed E-state index contributed by atoms with van der Waals surface area (Å²) in [5.41, 5.74) is 0.806. The molecule has 0 radical (unpaired) electrons. The molecule has 0 spiro atoms. The Morgan fingerprint density at radius 3 is 1.81 bits per heavy atom. The molecule has 1 N–H and O–H groups in total. The van der Waals surface area contributed by atoms with Crippen LogP contribution in [0.15, 0.2) is 48.5 Å². The first-order valence-electron chi connectivity index (χ1n) is 9.70. The number of alkyl halides is 4. The molecule has 2 aromatic carbocycles. The van der Waals surface area contributed by atoms with E-state index in [1.165, 1.54) is 31.4 Å². The van der Waals surface area contributed by atoms with Crippen LogP contribution >= 0.6 is 0 Å². The van der Waals surface area contributed by atoms with Gasteiger partial charge in [-0.05, 0) is 42.0 Å². The number of rotatable bonds is 14. The minimum Gasteiger partial charge on any atom is -0.493 e. The van der Waals surface area contributed by atoms with Crippen molar-refractivity contribution in [1.82, 2.24) is 0 Å². The van der Waals surface area contributed by atoms with Crippen LogP contribution in [0.2, 0.25) is 0 Å². The monoisotopic (exact) mass is 460 g/mol. The lowest BCUT2D eigenvalue weighted by atomic mass is 10.1. The third-order valence-electron chi connectivity index (χ3n) is 4.30. The maximum atomic E-state index is 12.8. The van der Waals surface area contributed by atoms with Crippen LogP contribution in [0.5, 0.6) is 17.2 Å². The van der Waals surface area contributed by atoms with E-state index in [-0.39, 0.29) is 12.2 Å². The fraction of sp³-hybridized carbons (Fsp3) is 0.409. The van der Waals surface area contributed by atoms with Crippen molar-refractivity contribution in [2.75, 3.05) is 26.9 Å². The van der Waals surface area contributed by atoms with E-state index in [1.54, 1.807) is 24.3 Å². The van der Waals surface area contributed by atoms with E-state index in [9.17, 15) is 22.4 Å². The molecule has 0 aliphatic carbocycles. The maximum Gasteiger partial charge on any atom is 0.340 e. The zero-order valence-corrected chi connectivity index (χ0v) is 17.3. The van der Waals surface area contributed by atoms with Crippen molar-refractivity contribution in [2.45, 2.75) is 31.3 Å². The molecule has 6 nitrogen and oxygen atoms in total. The van der Waals surface area contributed by atoms with Crippen LogP contribution in [0.1, 0.15) is 12.0 Å². The zero-order chi connectivity index (χ0) is 23.6. The summed E-state index contributed by atoms with van der Waals surface area (Å²) in [5.74, 6) is -4.11. The van der Waals surface area contributed by atoms with Gasteiger partial charge in [-0.3, -0.25) is 0 Å². The van der Waals surface area contributed by atoms with Gasteiger partial charge in [-0.1, -0.05) is 12.1 Å². The Kier molecular flexibility index (Phi) is 9.58. The van der Waals surface area contributed by atoms with Crippen molar-refractivity contribution in [3.8, 4) is 17.2 Å². The standard InChI is InChI=1S/C22H24F4O6/c1-29-19(20(27)28)13-15-3-5-16(6-4-15)30-11-2-12-31-17-7-9-18(10-8-17)32-14-22(25,26)21(23)24/h3-10,19,21H,2,11-14H2,1H3,(H,27,28)/t19-/m0/s1. The first-order valence-corrected chi connectivity index (χ1v) is 9.70. The third kappa shape index (κ3) is 8.26. The largest absolute Gasteiger partial charge is 0.493 e. The quantitative estimate of drug-likeness (QED) is 0.332. The third-order valence-corrected chi connectivity index (χ3v) is 4.30. The second kappa shape index (κ2) is 12.1. The number of ether oxygens (including phenoxy) is 4. The Hall–Kier alpha value is -3.01. The Balaban J connectivity index is 1.67. The molecule has 176 valence electrons. The van der Waals surface area contributed by atoms with Gasteiger partial charge in [0.15, 0.2) is 12.7 Å². The second-order valence-corrected chi connectivity index (χ2v) is 6.78. The van der Waals surface area contributed by atoms with Crippen LogP contribution in [-0.4, -0.2) is 56.5 Å². The lowest BCUT2D eigenvalue weighted by Gasteiger charge is -2.16. The van der Waals surface area contributed by atoms with Crippen LogP contribution in [0, 0.1) is 0 Å². The smallest absolute Gasteiger partial charge is 0.340 e. The van der Waals surface area contributed by atoms with Crippen molar-refractivity contribution in [2.24, 2.45) is 0 Å². The minimum atomic E-state index is -4.21. The SMILES string of the molecule is CO[C@@H](Cc1ccc(OCCCOc2ccc(OCC(F)(F)C(F)F)cc2)cc1)C(=O)O. The number of halogens is 4. The van der Waals surface area contributed by atoms with Gasteiger partial charge in [0.2, 0.25) is 0 Å². The highest BCUT2D eigenvalue weighted by molar-refractivity contribution is 5.72. The van der Waals surface area contributed by atoms with Crippen LogP contribution < -0.4 is 14.2 Å². The molecule has 0 amide bonds. The Morgan fingerprint density at radius 2 is 1.38 bits per heavy atom. The number of aliphatic carboxylic acids is 1. The van der Waals surface area contributed by atoms with Gasteiger partial charge in [0.25, 0.3) is 0 Å². The molecule has 10 heteroatoms. The molecule has 0 bridgehead atoms. The van der Waals surface area contributed by atoms with Gasteiger partial charge in [0, 0.05) is 20.0 Å². The van der Waals surface area contributed by atoms with E-state index in [2.05, 4.69) is 4.74 Å². The number of carboxylic acids is 1. The summed E-state index contributed by atoms with van der Waals surface area (Å²) in [6.45, 7) is -0.704. The molecule has 0 saturated carbocycles. The van der Waals surface area contributed by atoms with Crippen LogP contribution in [0.4, 0.5) is 17.6 Å². The topological polar surface area (TPSA) is 74.2 Å². The minimum absolute atomic E-state index is 0.0321. The van der Waals surface area contributed by atoms with E-state index in [0.29, 0.717) is 31.1 Å². The Labute approximate surface area is 182 Å². The number of hydrogen-bond acceptors (Lipinski definition) is 5. The molecule has 2 aromatic rings. The molecule has 0 aromatic heterocycles. The van der Waals surface area contributed by atoms with Crippen molar-refractivity contribution >= 4 is 5.97 Å².